The molecule has 80 valence electrons. The topological polar surface area (TPSA) is 26.3 Å². The van der Waals surface area contributed by atoms with E-state index in [-0.39, 0.29) is 5.97 Å². The summed E-state index contributed by atoms with van der Waals surface area (Å²) < 4.78 is 4.97. The number of benzene rings is 1. The first kappa shape index (κ1) is 11.7. The van der Waals surface area contributed by atoms with Crippen LogP contribution in [0.5, 0.6) is 0 Å². The maximum Gasteiger partial charge on any atom is 0.302 e. The predicted octanol–water partition coefficient (Wildman–Crippen LogP) is 1.34. The number of rotatable bonds is 4. The Kier molecular flexibility index (Phi) is 3.86. The van der Waals surface area contributed by atoms with Gasteiger partial charge in [0.05, 0.1) is 5.41 Å². The van der Waals surface area contributed by atoms with E-state index in [4.69, 9.17) is 4.43 Å². The van der Waals surface area contributed by atoms with Crippen molar-refractivity contribution in [2.24, 2.45) is 0 Å². The molecule has 3 heteroatoms. The second-order valence-corrected chi connectivity index (χ2v) is 4.09. The monoisotopic (exact) mass is 220 g/mol. The van der Waals surface area contributed by atoms with Gasteiger partial charge >= 0.3 is 5.97 Å². The maximum atomic E-state index is 11.8. The van der Waals surface area contributed by atoms with Gasteiger partial charge in [-0.2, -0.15) is 0 Å². The minimum Gasteiger partial charge on any atom is -0.528 e. The Bertz CT molecular complexity index is 348. The van der Waals surface area contributed by atoms with E-state index in [9.17, 15) is 4.79 Å². The minimum absolute atomic E-state index is 0.166. The molecular formula is C12H16O2Si. The normalized spacial score (nSPS) is 14.2. The summed E-state index contributed by atoms with van der Waals surface area (Å²) in [5, 5.41) is 0. The van der Waals surface area contributed by atoms with Gasteiger partial charge in [-0.15, -0.1) is 6.58 Å². The van der Waals surface area contributed by atoms with Crippen LogP contribution in [0.1, 0.15) is 18.9 Å². The van der Waals surface area contributed by atoms with Gasteiger partial charge < -0.3 is 4.43 Å². The Morgan fingerprint density at radius 3 is 2.60 bits per heavy atom. The summed E-state index contributed by atoms with van der Waals surface area (Å²) in [6.45, 7) is 5.58. The van der Waals surface area contributed by atoms with Crippen molar-refractivity contribution in [3.8, 4) is 0 Å². The molecule has 1 aromatic rings. The zero-order valence-electron chi connectivity index (χ0n) is 9.19. The van der Waals surface area contributed by atoms with Gasteiger partial charge in [-0.1, -0.05) is 36.4 Å². The third kappa shape index (κ3) is 2.36. The van der Waals surface area contributed by atoms with Crippen molar-refractivity contribution >= 4 is 16.5 Å². The van der Waals surface area contributed by atoms with Crippen molar-refractivity contribution in [2.45, 2.75) is 18.8 Å². The van der Waals surface area contributed by atoms with Gasteiger partial charge in [-0.3, -0.25) is 4.79 Å². The molecule has 0 aromatic heterocycles. The third-order valence-electron chi connectivity index (χ3n) is 2.60. The van der Waals surface area contributed by atoms with Gasteiger partial charge in [0.15, 0.2) is 0 Å². The molecule has 0 aliphatic carbocycles. The highest BCUT2D eigenvalue weighted by atomic mass is 28.2. The summed E-state index contributed by atoms with van der Waals surface area (Å²) >= 11 is 0. The molecule has 1 atom stereocenters. The van der Waals surface area contributed by atoms with Gasteiger partial charge in [-0.05, 0) is 18.9 Å². The first-order valence-corrected chi connectivity index (χ1v) is 5.71. The number of allylic oxidation sites excluding steroid dienone is 1. The fourth-order valence-electron chi connectivity index (χ4n) is 1.64. The number of carbonyl (C=O) groups excluding carboxylic acids is 1. The minimum atomic E-state index is -0.592. The Morgan fingerprint density at radius 2 is 2.13 bits per heavy atom. The number of hydrogen-bond acceptors (Lipinski definition) is 2. The Balaban J connectivity index is 3.12. The Morgan fingerprint density at radius 1 is 1.53 bits per heavy atom. The molecular weight excluding hydrogens is 204 g/mol. The molecule has 0 radical (unpaired) electrons. The Hall–Kier alpha value is -1.35. The van der Waals surface area contributed by atoms with E-state index in [2.05, 4.69) is 6.58 Å². The quantitative estimate of drug-likeness (QED) is 0.565. The Labute approximate surface area is 93.5 Å². The summed E-state index contributed by atoms with van der Waals surface area (Å²) in [5.74, 6) is -0.166. The van der Waals surface area contributed by atoms with Crippen LogP contribution in [0.25, 0.3) is 0 Å². The van der Waals surface area contributed by atoms with Crippen LogP contribution in [0.4, 0.5) is 0 Å². The molecule has 1 rings (SSSR count). The highest BCUT2D eigenvalue weighted by Gasteiger charge is 2.34. The van der Waals surface area contributed by atoms with Crippen LogP contribution in [-0.2, 0) is 14.6 Å². The van der Waals surface area contributed by atoms with Gasteiger partial charge in [0, 0.05) is 0 Å². The lowest BCUT2D eigenvalue weighted by Crippen LogP contribution is -2.33. The molecule has 0 saturated carbocycles. The average Bonchev–Trinajstić information content (AvgIpc) is 2.29. The summed E-state index contributed by atoms with van der Waals surface area (Å²) in [6.07, 6.45) is 2.35. The lowest BCUT2D eigenvalue weighted by atomic mass is 9.80. The fourth-order valence-corrected chi connectivity index (χ4v) is 2.09. The molecule has 1 aromatic carbocycles. The van der Waals surface area contributed by atoms with Gasteiger partial charge in [0.1, 0.15) is 0 Å². The smallest absolute Gasteiger partial charge is 0.302 e. The van der Waals surface area contributed by atoms with E-state index in [1.807, 2.05) is 37.3 Å². The van der Waals surface area contributed by atoms with Crippen molar-refractivity contribution in [1.29, 1.82) is 0 Å². The highest BCUT2D eigenvalue weighted by molar-refractivity contribution is 6.07. The molecule has 0 heterocycles. The standard InChI is InChI=1S/C12H16O2Si/c1-3-9-12(2,11(13)14-15)10-7-5-4-6-8-10/h3-8H,1,9H2,2,15H3. The lowest BCUT2D eigenvalue weighted by molar-refractivity contribution is -0.139. The van der Waals surface area contributed by atoms with Crippen LogP contribution >= 0.6 is 0 Å². The molecule has 0 aliphatic heterocycles. The third-order valence-corrected chi connectivity index (χ3v) is 2.97. The number of carbonyl (C=O) groups is 1. The van der Waals surface area contributed by atoms with Crippen LogP contribution in [0.15, 0.2) is 43.0 Å². The van der Waals surface area contributed by atoms with Gasteiger partial charge in [0.25, 0.3) is 0 Å². The first-order chi connectivity index (χ1) is 7.15. The van der Waals surface area contributed by atoms with E-state index in [1.54, 1.807) is 6.08 Å². The van der Waals surface area contributed by atoms with Crippen molar-refractivity contribution in [3.63, 3.8) is 0 Å². The van der Waals surface area contributed by atoms with Crippen LogP contribution < -0.4 is 0 Å². The first-order valence-electron chi connectivity index (χ1n) is 4.90. The van der Waals surface area contributed by atoms with Crippen LogP contribution in [0, 0.1) is 0 Å². The van der Waals surface area contributed by atoms with Gasteiger partial charge in [-0.25, -0.2) is 0 Å². The molecule has 0 fully saturated rings. The van der Waals surface area contributed by atoms with E-state index >= 15 is 0 Å². The molecule has 1 unspecified atom stereocenters. The zero-order valence-corrected chi connectivity index (χ0v) is 11.2. The summed E-state index contributed by atoms with van der Waals surface area (Å²) in [5.41, 5.74) is 0.385. The SMILES string of the molecule is C=CCC(C)(C(=O)O[SiH3])c1ccccc1. The summed E-state index contributed by atoms with van der Waals surface area (Å²) in [7, 11) is 0.428. The molecule has 0 spiro atoms. The number of hydrogen-bond donors (Lipinski definition) is 0. The molecule has 15 heavy (non-hydrogen) atoms. The van der Waals surface area contributed by atoms with Crippen molar-refractivity contribution in [1.82, 2.24) is 0 Å². The summed E-state index contributed by atoms with van der Waals surface area (Å²) in [4.78, 5) is 11.8. The molecule has 0 aliphatic rings. The van der Waals surface area contributed by atoms with Crippen LogP contribution in [0.3, 0.4) is 0 Å². The van der Waals surface area contributed by atoms with E-state index in [0.717, 1.165) is 5.56 Å². The van der Waals surface area contributed by atoms with Crippen LogP contribution in [0.2, 0.25) is 0 Å². The zero-order chi connectivity index (χ0) is 11.3. The largest absolute Gasteiger partial charge is 0.528 e. The lowest BCUT2D eigenvalue weighted by Gasteiger charge is -2.26. The molecule has 0 bridgehead atoms. The van der Waals surface area contributed by atoms with Crippen molar-refractivity contribution in [3.05, 3.63) is 48.6 Å². The molecule has 0 saturated heterocycles. The van der Waals surface area contributed by atoms with E-state index in [1.165, 1.54) is 0 Å². The second-order valence-electron chi connectivity index (χ2n) is 3.68. The van der Waals surface area contributed by atoms with Crippen LogP contribution in [-0.4, -0.2) is 16.5 Å². The highest BCUT2D eigenvalue weighted by Crippen LogP contribution is 2.29. The van der Waals surface area contributed by atoms with E-state index < -0.39 is 5.41 Å². The average molecular weight is 220 g/mol. The van der Waals surface area contributed by atoms with E-state index in [0.29, 0.717) is 16.9 Å². The molecule has 0 amide bonds. The predicted molar refractivity (Wildman–Crippen MR) is 64.6 cm³/mol. The maximum absolute atomic E-state index is 11.8. The second kappa shape index (κ2) is 4.93. The van der Waals surface area contributed by atoms with Crippen molar-refractivity contribution in [2.75, 3.05) is 0 Å². The molecule has 0 N–H and O–H groups in total. The van der Waals surface area contributed by atoms with Gasteiger partial charge in [0.2, 0.25) is 10.5 Å². The fraction of sp³-hybridized carbons (Fsp3) is 0.250. The molecule has 2 nitrogen and oxygen atoms in total. The summed E-state index contributed by atoms with van der Waals surface area (Å²) in [6, 6.07) is 9.68. The van der Waals surface area contributed by atoms with Crippen molar-refractivity contribution < 1.29 is 9.22 Å².